The fourth-order valence-corrected chi connectivity index (χ4v) is 2.70. The fraction of sp³-hybridized carbons (Fsp3) is 0.143. The van der Waals surface area contributed by atoms with Gasteiger partial charge in [-0.15, -0.1) is 11.6 Å². The van der Waals surface area contributed by atoms with E-state index in [1.165, 1.54) is 5.56 Å². The Bertz CT molecular complexity index is 752. The molecule has 2 heterocycles. The highest BCUT2D eigenvalue weighted by Crippen LogP contribution is 2.27. The molecule has 0 aliphatic carbocycles. The summed E-state index contributed by atoms with van der Waals surface area (Å²) < 4.78 is 2.99. The Morgan fingerprint density at radius 1 is 1.32 bits per heavy atom. The Hall–Kier alpha value is -1.39. The van der Waals surface area contributed by atoms with E-state index in [9.17, 15) is 0 Å². The Kier molecular flexibility index (Phi) is 3.29. The summed E-state index contributed by atoms with van der Waals surface area (Å²) >= 11 is 9.60. The van der Waals surface area contributed by atoms with Crippen LogP contribution in [0.3, 0.4) is 0 Å². The summed E-state index contributed by atoms with van der Waals surface area (Å²) in [5, 5.41) is 0. The second-order valence-electron chi connectivity index (χ2n) is 4.30. The highest BCUT2D eigenvalue weighted by Gasteiger charge is 2.14. The second-order valence-corrected chi connectivity index (χ2v) is 5.42. The predicted octanol–water partition coefficient (Wildman–Crippen LogP) is 4.23. The second kappa shape index (κ2) is 4.94. The molecule has 1 aromatic carbocycles. The lowest BCUT2D eigenvalue weighted by Crippen LogP contribution is -2.01. The smallest absolute Gasteiger partial charge is 0.164 e. The number of alkyl halides is 1. The third kappa shape index (κ3) is 2.15. The van der Waals surface area contributed by atoms with Crippen LogP contribution in [0.25, 0.3) is 16.9 Å². The number of aromatic nitrogens is 3. The van der Waals surface area contributed by atoms with Crippen molar-refractivity contribution < 1.29 is 0 Å². The minimum Gasteiger partial charge on any atom is -0.279 e. The summed E-state index contributed by atoms with van der Waals surface area (Å²) in [6, 6.07) is 10.00. The summed E-state index contributed by atoms with van der Waals surface area (Å²) in [5.74, 6) is 1.14. The zero-order valence-corrected chi connectivity index (χ0v) is 12.6. The zero-order chi connectivity index (χ0) is 13.4. The fourth-order valence-electron chi connectivity index (χ4n) is 2.10. The molecule has 0 bridgehead atoms. The van der Waals surface area contributed by atoms with Crippen molar-refractivity contribution in [3.8, 4) is 5.69 Å². The van der Waals surface area contributed by atoms with Crippen LogP contribution in [0.5, 0.6) is 0 Å². The average Bonchev–Trinajstić information content (AvgIpc) is 2.80. The van der Waals surface area contributed by atoms with Gasteiger partial charge in [0.1, 0.15) is 11.3 Å². The van der Waals surface area contributed by atoms with Crippen molar-refractivity contribution in [3.05, 3.63) is 52.4 Å². The molecule has 0 radical (unpaired) electrons. The molecule has 96 valence electrons. The molecule has 0 saturated carbocycles. The standard InChI is InChI=1S/C14H11BrClN3/c1-9-4-5-10(15)12(7-9)19-13(8-16)18-11-3-2-6-17-14(11)19/h2-7H,8H2,1H3. The van der Waals surface area contributed by atoms with Gasteiger partial charge in [-0.25, -0.2) is 9.97 Å². The van der Waals surface area contributed by atoms with Crippen LogP contribution in [0.2, 0.25) is 0 Å². The first kappa shape index (κ1) is 12.6. The van der Waals surface area contributed by atoms with E-state index < -0.39 is 0 Å². The van der Waals surface area contributed by atoms with E-state index in [-0.39, 0.29) is 0 Å². The number of aryl methyl sites for hydroxylation is 1. The largest absolute Gasteiger partial charge is 0.279 e. The molecular formula is C14H11BrClN3. The molecule has 3 nitrogen and oxygen atoms in total. The van der Waals surface area contributed by atoms with Crippen molar-refractivity contribution in [1.29, 1.82) is 0 Å². The van der Waals surface area contributed by atoms with E-state index in [0.29, 0.717) is 5.88 Å². The van der Waals surface area contributed by atoms with Gasteiger partial charge in [0.2, 0.25) is 0 Å². The molecule has 3 aromatic rings. The minimum absolute atomic E-state index is 0.344. The molecular weight excluding hydrogens is 326 g/mol. The average molecular weight is 337 g/mol. The number of nitrogens with zero attached hydrogens (tertiary/aromatic N) is 3. The van der Waals surface area contributed by atoms with Gasteiger partial charge in [-0.1, -0.05) is 6.07 Å². The topological polar surface area (TPSA) is 30.7 Å². The van der Waals surface area contributed by atoms with Crippen LogP contribution < -0.4 is 0 Å². The lowest BCUT2D eigenvalue weighted by atomic mass is 10.2. The number of pyridine rings is 1. The molecule has 3 rings (SSSR count). The van der Waals surface area contributed by atoms with Gasteiger partial charge < -0.3 is 0 Å². The van der Waals surface area contributed by atoms with Crippen molar-refractivity contribution in [1.82, 2.24) is 14.5 Å². The molecule has 5 heteroatoms. The maximum absolute atomic E-state index is 6.02. The highest BCUT2D eigenvalue weighted by atomic mass is 79.9. The van der Waals surface area contributed by atoms with E-state index in [1.807, 2.05) is 22.8 Å². The third-order valence-electron chi connectivity index (χ3n) is 2.95. The molecule has 0 aliphatic rings. The SMILES string of the molecule is Cc1ccc(Br)c(-n2c(CCl)nc3cccnc32)c1. The summed E-state index contributed by atoms with van der Waals surface area (Å²) in [6.07, 6.45) is 1.77. The van der Waals surface area contributed by atoms with E-state index in [4.69, 9.17) is 11.6 Å². The number of benzene rings is 1. The normalized spacial score (nSPS) is 11.1. The number of fused-ring (bicyclic) bond motifs is 1. The third-order valence-corrected chi connectivity index (χ3v) is 3.86. The number of hydrogen-bond donors (Lipinski definition) is 0. The van der Waals surface area contributed by atoms with E-state index >= 15 is 0 Å². The summed E-state index contributed by atoms with van der Waals surface area (Å²) in [6.45, 7) is 2.06. The van der Waals surface area contributed by atoms with E-state index in [2.05, 4.69) is 45.0 Å². The van der Waals surface area contributed by atoms with Gasteiger partial charge in [-0.3, -0.25) is 4.57 Å². The number of rotatable bonds is 2. The maximum atomic E-state index is 6.02. The Balaban J connectivity index is 2.37. The Labute approximate surface area is 124 Å². The van der Waals surface area contributed by atoms with Crippen LogP contribution in [0.1, 0.15) is 11.4 Å². The highest BCUT2D eigenvalue weighted by molar-refractivity contribution is 9.10. The maximum Gasteiger partial charge on any atom is 0.164 e. The molecule has 0 atom stereocenters. The van der Waals surface area contributed by atoms with Gasteiger partial charge in [-0.2, -0.15) is 0 Å². The van der Waals surface area contributed by atoms with Crippen molar-refractivity contribution in [2.24, 2.45) is 0 Å². The number of hydrogen-bond acceptors (Lipinski definition) is 2. The Morgan fingerprint density at radius 2 is 2.16 bits per heavy atom. The first-order valence-corrected chi connectivity index (χ1v) is 7.18. The molecule has 0 unspecified atom stereocenters. The Morgan fingerprint density at radius 3 is 2.95 bits per heavy atom. The molecule has 2 aromatic heterocycles. The quantitative estimate of drug-likeness (QED) is 0.656. The van der Waals surface area contributed by atoms with Crippen LogP contribution in [0, 0.1) is 6.92 Å². The summed E-state index contributed by atoms with van der Waals surface area (Å²) in [4.78, 5) is 8.94. The molecule has 0 N–H and O–H groups in total. The van der Waals surface area contributed by atoms with Crippen LogP contribution in [-0.4, -0.2) is 14.5 Å². The molecule has 19 heavy (non-hydrogen) atoms. The van der Waals surface area contributed by atoms with Gasteiger partial charge in [0.25, 0.3) is 0 Å². The predicted molar refractivity (Wildman–Crippen MR) is 80.9 cm³/mol. The lowest BCUT2D eigenvalue weighted by molar-refractivity contribution is 0.963. The number of halogens is 2. The first-order valence-electron chi connectivity index (χ1n) is 5.85. The van der Waals surface area contributed by atoms with Crippen molar-refractivity contribution in [2.75, 3.05) is 0 Å². The minimum atomic E-state index is 0.344. The van der Waals surface area contributed by atoms with Gasteiger partial charge >= 0.3 is 0 Å². The van der Waals surface area contributed by atoms with Gasteiger partial charge in [-0.05, 0) is 52.7 Å². The van der Waals surface area contributed by atoms with Crippen LogP contribution in [0.4, 0.5) is 0 Å². The van der Waals surface area contributed by atoms with Gasteiger partial charge in [0.15, 0.2) is 5.65 Å². The monoisotopic (exact) mass is 335 g/mol. The molecule has 0 fully saturated rings. The van der Waals surface area contributed by atoms with Crippen molar-refractivity contribution in [3.63, 3.8) is 0 Å². The molecule has 0 aliphatic heterocycles. The van der Waals surface area contributed by atoms with Crippen LogP contribution >= 0.6 is 27.5 Å². The van der Waals surface area contributed by atoms with Crippen molar-refractivity contribution >= 4 is 38.7 Å². The van der Waals surface area contributed by atoms with Gasteiger partial charge in [0.05, 0.1) is 11.6 Å². The van der Waals surface area contributed by atoms with E-state index in [1.54, 1.807) is 6.20 Å². The number of imidazole rings is 1. The molecule has 0 amide bonds. The zero-order valence-electron chi connectivity index (χ0n) is 10.3. The van der Waals surface area contributed by atoms with Crippen molar-refractivity contribution in [2.45, 2.75) is 12.8 Å². The van der Waals surface area contributed by atoms with Crippen LogP contribution in [-0.2, 0) is 5.88 Å². The lowest BCUT2D eigenvalue weighted by Gasteiger charge is -2.10. The van der Waals surface area contributed by atoms with Crippen LogP contribution in [0.15, 0.2) is 41.0 Å². The van der Waals surface area contributed by atoms with E-state index in [0.717, 1.165) is 27.1 Å². The van der Waals surface area contributed by atoms with Gasteiger partial charge in [0, 0.05) is 10.7 Å². The molecule has 0 spiro atoms. The molecule has 0 saturated heterocycles. The summed E-state index contributed by atoms with van der Waals surface area (Å²) in [5.41, 5.74) is 3.87. The first-order chi connectivity index (χ1) is 9.20. The summed E-state index contributed by atoms with van der Waals surface area (Å²) in [7, 11) is 0.